The van der Waals surface area contributed by atoms with E-state index < -0.39 is 35.6 Å². The van der Waals surface area contributed by atoms with Crippen LogP contribution in [0, 0.1) is 11.8 Å². The van der Waals surface area contributed by atoms with Gasteiger partial charge in [0.15, 0.2) is 0 Å². The molecule has 8 atom stereocenters. The minimum Gasteiger partial charge on any atom is -0.394 e. The number of fused-ring (bicyclic) bond motifs is 1. The van der Waals surface area contributed by atoms with Gasteiger partial charge in [-0.3, -0.25) is 14.4 Å². The molecule has 5 rings (SSSR count). The first kappa shape index (κ1) is 33.1. The number of benzene rings is 2. The summed E-state index contributed by atoms with van der Waals surface area (Å²) in [5.41, 5.74) is 0.432. The molecular weight excluding hydrogens is 634 g/mol. The third-order valence-corrected chi connectivity index (χ3v) is 10.5. The van der Waals surface area contributed by atoms with E-state index in [0.29, 0.717) is 31.6 Å². The fourth-order valence-corrected chi connectivity index (χ4v) is 8.70. The first-order valence-corrected chi connectivity index (χ1v) is 16.8. The molecule has 8 nitrogen and oxygen atoms in total. The number of alkyl halides is 1. The fourth-order valence-electron chi connectivity index (χ4n) is 7.75. The Morgan fingerprint density at radius 3 is 2.33 bits per heavy atom. The highest BCUT2D eigenvalue weighted by Gasteiger charge is 2.77. The minimum atomic E-state index is -1.24. The number of rotatable bonds is 14. The highest BCUT2D eigenvalue weighted by molar-refractivity contribution is 9.09. The summed E-state index contributed by atoms with van der Waals surface area (Å²) in [7, 11) is 0. The van der Waals surface area contributed by atoms with Gasteiger partial charge >= 0.3 is 0 Å². The Bertz CT molecular complexity index is 1390. The number of hydrogen-bond donors (Lipinski definition) is 1. The average Bonchev–Trinajstić information content (AvgIpc) is 3.64. The van der Waals surface area contributed by atoms with E-state index in [9.17, 15) is 19.5 Å². The second-order valence-electron chi connectivity index (χ2n) is 12.4. The largest absolute Gasteiger partial charge is 0.394 e. The van der Waals surface area contributed by atoms with Gasteiger partial charge < -0.3 is 24.5 Å². The van der Waals surface area contributed by atoms with Crippen molar-refractivity contribution in [2.75, 3.05) is 19.7 Å². The van der Waals surface area contributed by atoms with Crippen molar-refractivity contribution in [1.82, 2.24) is 14.7 Å². The molecule has 3 aliphatic rings. The molecule has 3 fully saturated rings. The molecule has 0 radical (unpaired) electrons. The van der Waals surface area contributed by atoms with Crippen LogP contribution in [0.2, 0.25) is 0 Å². The summed E-state index contributed by atoms with van der Waals surface area (Å²) in [5.74, 6) is -2.48. The highest BCUT2D eigenvalue weighted by Crippen LogP contribution is 2.61. The maximum atomic E-state index is 14.8. The van der Waals surface area contributed by atoms with E-state index >= 15 is 0 Å². The van der Waals surface area contributed by atoms with Crippen LogP contribution in [0.3, 0.4) is 0 Å². The average molecular weight is 679 g/mol. The lowest BCUT2D eigenvalue weighted by molar-refractivity contribution is -0.153. The summed E-state index contributed by atoms with van der Waals surface area (Å²) in [6, 6.07) is 17.0. The predicted octanol–water partition coefficient (Wildman–Crippen LogP) is 4.89. The summed E-state index contributed by atoms with van der Waals surface area (Å²) < 4.78 is 6.80. The van der Waals surface area contributed by atoms with Crippen LogP contribution in [0.5, 0.6) is 0 Å². The number of carbonyl (C=O) groups excluding carboxylic acids is 3. The number of hydrogen-bond acceptors (Lipinski definition) is 5. The topological polar surface area (TPSA) is 90.4 Å². The van der Waals surface area contributed by atoms with Crippen molar-refractivity contribution in [3.05, 3.63) is 97.1 Å². The Morgan fingerprint density at radius 2 is 1.73 bits per heavy atom. The lowest BCUT2D eigenvalue weighted by Crippen LogP contribution is -2.59. The molecule has 3 saturated heterocycles. The maximum Gasteiger partial charge on any atom is 0.248 e. The van der Waals surface area contributed by atoms with Crippen LogP contribution in [0.1, 0.15) is 50.3 Å². The number of ether oxygens (including phenoxy) is 1. The third kappa shape index (κ3) is 5.90. The van der Waals surface area contributed by atoms with E-state index in [-0.39, 0.29) is 35.2 Å². The first-order valence-electron chi connectivity index (χ1n) is 15.9. The monoisotopic (exact) mass is 677 g/mol. The normalized spacial score (nSPS) is 28.0. The molecule has 0 saturated carbocycles. The number of carbonyl (C=O) groups is 3. The third-order valence-electron chi connectivity index (χ3n) is 9.66. The van der Waals surface area contributed by atoms with Gasteiger partial charge in [-0.25, -0.2) is 0 Å². The number of aliphatic hydroxyl groups excluding tert-OH is 1. The number of halogens is 1. The summed E-state index contributed by atoms with van der Waals surface area (Å²) in [5, 5.41) is 10.8. The second-order valence-corrected chi connectivity index (χ2v) is 13.6. The summed E-state index contributed by atoms with van der Waals surface area (Å²) >= 11 is 3.79. The van der Waals surface area contributed by atoms with Crippen LogP contribution in [0.15, 0.2) is 86.0 Å². The Morgan fingerprint density at radius 1 is 1.09 bits per heavy atom. The number of nitrogens with zero attached hydrogens (tertiary/aromatic N) is 3. The molecule has 3 amide bonds. The van der Waals surface area contributed by atoms with Gasteiger partial charge in [-0.1, -0.05) is 102 Å². The molecule has 2 bridgehead atoms. The standard InChI is InChI=1S/C36H44BrN3O5/c1-5-14-24(4)39(20-7-3)35(44)32-36-21-27(37)31(45-36)29(33(42)38(19-6-2)22-25-15-10-8-11-16-25)30(36)34(43)40(32)28(23-41)26-17-12-9-13-18-26/h6-13,15-18,24,27-32,41H,2-3,5,14,19-23H2,1,4H3/t24?,27?,28-,29-,30+,31-,32?,36?/m1/s1. The van der Waals surface area contributed by atoms with Gasteiger partial charge in [-0.2, -0.15) is 0 Å². The predicted molar refractivity (Wildman–Crippen MR) is 177 cm³/mol. The van der Waals surface area contributed by atoms with Gasteiger partial charge in [-0.05, 0) is 30.9 Å². The van der Waals surface area contributed by atoms with Crippen LogP contribution < -0.4 is 0 Å². The van der Waals surface area contributed by atoms with Crippen LogP contribution in [0.4, 0.5) is 0 Å². The molecule has 2 aromatic rings. The molecule has 1 spiro atoms. The lowest BCUT2D eigenvalue weighted by Gasteiger charge is -2.41. The first-order chi connectivity index (χ1) is 21.7. The van der Waals surface area contributed by atoms with Gasteiger partial charge in [-0.15, -0.1) is 13.2 Å². The molecule has 0 aliphatic carbocycles. The molecule has 3 heterocycles. The highest BCUT2D eigenvalue weighted by atomic mass is 79.9. The Balaban J connectivity index is 1.61. The van der Waals surface area contributed by atoms with Crippen LogP contribution >= 0.6 is 15.9 Å². The van der Waals surface area contributed by atoms with Crippen molar-refractivity contribution >= 4 is 33.7 Å². The smallest absolute Gasteiger partial charge is 0.248 e. The van der Waals surface area contributed by atoms with E-state index in [0.717, 1.165) is 18.4 Å². The molecule has 2 aromatic carbocycles. The van der Waals surface area contributed by atoms with E-state index in [2.05, 4.69) is 36.0 Å². The van der Waals surface area contributed by atoms with E-state index in [1.807, 2.05) is 67.6 Å². The SMILES string of the molecule is C=CCN(Cc1ccccc1)C(=O)[C@H]1[C@@H]2OC3(CC2Br)C(C(=O)N(CC=C)C(C)CCC)N([C@H](CO)c2ccccc2)C(=O)[C@H]13. The van der Waals surface area contributed by atoms with Crippen LogP contribution in [0.25, 0.3) is 0 Å². The van der Waals surface area contributed by atoms with Gasteiger partial charge in [0.2, 0.25) is 17.7 Å². The zero-order chi connectivity index (χ0) is 32.3. The Hall–Kier alpha value is -3.27. The van der Waals surface area contributed by atoms with E-state index in [1.54, 1.807) is 22.0 Å². The van der Waals surface area contributed by atoms with Crippen molar-refractivity contribution in [2.24, 2.45) is 11.8 Å². The van der Waals surface area contributed by atoms with Crippen molar-refractivity contribution in [3.8, 4) is 0 Å². The van der Waals surface area contributed by atoms with Crippen molar-refractivity contribution in [2.45, 2.75) is 74.3 Å². The molecule has 240 valence electrons. The second kappa shape index (κ2) is 14.0. The van der Waals surface area contributed by atoms with E-state index in [4.69, 9.17) is 4.74 Å². The summed E-state index contributed by atoms with van der Waals surface area (Å²) in [6.45, 7) is 12.4. The zero-order valence-electron chi connectivity index (χ0n) is 26.1. The zero-order valence-corrected chi connectivity index (χ0v) is 27.7. The van der Waals surface area contributed by atoms with Crippen molar-refractivity contribution in [1.29, 1.82) is 0 Å². The van der Waals surface area contributed by atoms with Gasteiger partial charge in [0, 0.05) is 30.5 Å². The lowest BCUT2D eigenvalue weighted by atomic mass is 9.70. The summed E-state index contributed by atoms with van der Waals surface area (Å²) in [6.07, 6.45) is 4.85. The van der Waals surface area contributed by atoms with Gasteiger partial charge in [0.1, 0.15) is 11.6 Å². The molecular formula is C36H44BrN3O5. The Kier molecular flexibility index (Phi) is 10.3. The fraction of sp³-hybridized carbons (Fsp3) is 0.472. The molecule has 0 aromatic heterocycles. The van der Waals surface area contributed by atoms with Crippen LogP contribution in [-0.4, -0.2) is 85.8 Å². The van der Waals surface area contributed by atoms with Gasteiger partial charge in [0.05, 0.1) is 30.6 Å². The van der Waals surface area contributed by atoms with Crippen LogP contribution in [-0.2, 0) is 25.7 Å². The molecule has 9 heteroatoms. The molecule has 1 N–H and O–H groups in total. The van der Waals surface area contributed by atoms with Crippen molar-refractivity contribution < 1.29 is 24.2 Å². The number of likely N-dealkylation sites (tertiary alicyclic amines) is 1. The van der Waals surface area contributed by atoms with Gasteiger partial charge in [0.25, 0.3) is 0 Å². The number of amides is 3. The quantitative estimate of drug-likeness (QED) is 0.227. The Labute approximate surface area is 274 Å². The van der Waals surface area contributed by atoms with Crippen molar-refractivity contribution in [3.63, 3.8) is 0 Å². The maximum absolute atomic E-state index is 14.8. The molecule has 3 aliphatic heterocycles. The summed E-state index contributed by atoms with van der Waals surface area (Å²) in [4.78, 5) is 49.0. The van der Waals surface area contributed by atoms with E-state index in [1.165, 1.54) is 4.90 Å². The molecule has 45 heavy (non-hydrogen) atoms. The molecule has 4 unspecified atom stereocenters. The minimum absolute atomic E-state index is 0.109. The number of aliphatic hydroxyl groups is 1.